The van der Waals surface area contributed by atoms with Crippen molar-refractivity contribution in [1.29, 1.82) is 0 Å². The van der Waals surface area contributed by atoms with Crippen LogP contribution in [0.2, 0.25) is 0 Å². The lowest BCUT2D eigenvalue weighted by atomic mass is 10.4. The summed E-state index contributed by atoms with van der Waals surface area (Å²) in [5.41, 5.74) is 0.955. The van der Waals surface area contributed by atoms with E-state index in [1.807, 2.05) is 6.92 Å². The molecule has 0 unspecified atom stereocenters. The standard InChI is InChI=1S/C9H13N3O2/c1-7-5-14-11-9(7)10-6-12-4-2-3-8(12)13/h5H,2-4,6H2,1H3,(H,10,11). The van der Waals surface area contributed by atoms with Gasteiger partial charge in [-0.2, -0.15) is 0 Å². The van der Waals surface area contributed by atoms with Gasteiger partial charge in [0.15, 0.2) is 5.82 Å². The van der Waals surface area contributed by atoms with Crippen molar-refractivity contribution >= 4 is 11.7 Å². The zero-order chi connectivity index (χ0) is 9.97. The number of hydrogen-bond donors (Lipinski definition) is 1. The Balaban J connectivity index is 1.88. The van der Waals surface area contributed by atoms with Gasteiger partial charge in [0.2, 0.25) is 5.91 Å². The summed E-state index contributed by atoms with van der Waals surface area (Å²) in [7, 11) is 0. The van der Waals surface area contributed by atoms with Crippen molar-refractivity contribution in [3.05, 3.63) is 11.8 Å². The highest BCUT2D eigenvalue weighted by Gasteiger charge is 2.19. The molecule has 2 rings (SSSR count). The zero-order valence-electron chi connectivity index (χ0n) is 8.12. The molecule has 5 nitrogen and oxygen atoms in total. The van der Waals surface area contributed by atoms with Gasteiger partial charge in [-0.05, 0) is 13.3 Å². The second-order valence-electron chi connectivity index (χ2n) is 3.44. The first-order chi connectivity index (χ1) is 6.77. The second-order valence-corrected chi connectivity index (χ2v) is 3.44. The molecule has 1 saturated heterocycles. The monoisotopic (exact) mass is 195 g/mol. The molecular formula is C9H13N3O2. The first kappa shape index (κ1) is 9.05. The van der Waals surface area contributed by atoms with Crippen LogP contribution in [-0.4, -0.2) is 29.2 Å². The number of amides is 1. The van der Waals surface area contributed by atoms with Crippen molar-refractivity contribution in [3.8, 4) is 0 Å². The third-order valence-corrected chi connectivity index (χ3v) is 2.36. The lowest BCUT2D eigenvalue weighted by molar-refractivity contribution is -0.127. The van der Waals surface area contributed by atoms with Crippen LogP contribution in [0.3, 0.4) is 0 Å². The number of nitrogens with zero attached hydrogens (tertiary/aromatic N) is 2. The molecule has 1 amide bonds. The first-order valence-corrected chi connectivity index (χ1v) is 4.70. The highest BCUT2D eigenvalue weighted by atomic mass is 16.5. The van der Waals surface area contributed by atoms with Gasteiger partial charge in [0, 0.05) is 18.5 Å². The van der Waals surface area contributed by atoms with E-state index in [0.29, 0.717) is 18.9 Å². The number of carbonyl (C=O) groups is 1. The quantitative estimate of drug-likeness (QED) is 0.780. The fourth-order valence-electron chi connectivity index (χ4n) is 1.50. The Morgan fingerprint density at radius 1 is 1.71 bits per heavy atom. The molecule has 1 fully saturated rings. The first-order valence-electron chi connectivity index (χ1n) is 4.70. The highest BCUT2D eigenvalue weighted by Crippen LogP contribution is 2.13. The molecule has 5 heteroatoms. The van der Waals surface area contributed by atoms with E-state index < -0.39 is 0 Å². The van der Waals surface area contributed by atoms with Crippen LogP contribution >= 0.6 is 0 Å². The zero-order valence-corrected chi connectivity index (χ0v) is 8.12. The molecule has 1 aliphatic heterocycles. The normalized spacial score (nSPS) is 16.4. The number of rotatable bonds is 3. The van der Waals surface area contributed by atoms with Crippen LogP contribution in [-0.2, 0) is 4.79 Å². The SMILES string of the molecule is Cc1conc1NCN1CCCC1=O. The average molecular weight is 195 g/mol. The fourth-order valence-corrected chi connectivity index (χ4v) is 1.50. The van der Waals surface area contributed by atoms with Crippen LogP contribution in [0.4, 0.5) is 5.82 Å². The molecule has 0 atom stereocenters. The van der Waals surface area contributed by atoms with E-state index in [1.165, 1.54) is 0 Å². The van der Waals surface area contributed by atoms with Gasteiger partial charge < -0.3 is 14.7 Å². The van der Waals surface area contributed by atoms with Gasteiger partial charge in [0.05, 0.1) is 6.67 Å². The average Bonchev–Trinajstić information content (AvgIpc) is 2.72. The molecule has 76 valence electrons. The maximum atomic E-state index is 11.3. The highest BCUT2D eigenvalue weighted by molar-refractivity contribution is 5.78. The summed E-state index contributed by atoms with van der Waals surface area (Å²) in [6, 6.07) is 0. The van der Waals surface area contributed by atoms with Crippen molar-refractivity contribution in [2.75, 3.05) is 18.5 Å². The number of nitrogens with one attached hydrogen (secondary N) is 1. The topological polar surface area (TPSA) is 58.4 Å². The molecule has 1 N–H and O–H groups in total. The van der Waals surface area contributed by atoms with E-state index in [9.17, 15) is 4.79 Å². The fraction of sp³-hybridized carbons (Fsp3) is 0.556. The molecular weight excluding hydrogens is 182 g/mol. The van der Waals surface area contributed by atoms with Crippen molar-refractivity contribution in [3.63, 3.8) is 0 Å². The van der Waals surface area contributed by atoms with Crippen molar-refractivity contribution in [2.45, 2.75) is 19.8 Å². The van der Waals surface area contributed by atoms with Crippen LogP contribution in [0.15, 0.2) is 10.8 Å². The van der Waals surface area contributed by atoms with Gasteiger partial charge in [-0.3, -0.25) is 4.79 Å². The van der Waals surface area contributed by atoms with Crippen LogP contribution in [0.25, 0.3) is 0 Å². The molecule has 1 aliphatic rings. The van der Waals surface area contributed by atoms with Gasteiger partial charge in [-0.25, -0.2) is 0 Å². The molecule has 0 spiro atoms. The van der Waals surface area contributed by atoms with Crippen molar-refractivity contribution in [1.82, 2.24) is 10.1 Å². The van der Waals surface area contributed by atoms with Gasteiger partial charge >= 0.3 is 0 Å². The number of carbonyl (C=O) groups excluding carboxylic acids is 1. The van der Waals surface area contributed by atoms with Crippen LogP contribution in [0, 0.1) is 6.92 Å². The molecule has 0 aromatic carbocycles. The number of hydrogen-bond acceptors (Lipinski definition) is 4. The largest absolute Gasteiger partial charge is 0.362 e. The Morgan fingerprint density at radius 3 is 3.14 bits per heavy atom. The Hall–Kier alpha value is -1.52. The molecule has 0 radical (unpaired) electrons. The summed E-state index contributed by atoms with van der Waals surface area (Å²) >= 11 is 0. The molecule has 1 aromatic rings. The van der Waals surface area contributed by atoms with Crippen LogP contribution in [0.5, 0.6) is 0 Å². The van der Waals surface area contributed by atoms with Gasteiger partial charge in [0.25, 0.3) is 0 Å². The Morgan fingerprint density at radius 2 is 2.57 bits per heavy atom. The summed E-state index contributed by atoms with van der Waals surface area (Å²) in [5.74, 6) is 0.920. The molecule has 2 heterocycles. The van der Waals surface area contributed by atoms with E-state index >= 15 is 0 Å². The second kappa shape index (κ2) is 3.69. The molecule has 0 bridgehead atoms. The van der Waals surface area contributed by atoms with E-state index in [2.05, 4.69) is 10.5 Å². The Bertz CT molecular complexity index is 335. The van der Waals surface area contributed by atoms with Gasteiger partial charge in [-0.1, -0.05) is 5.16 Å². The molecule has 0 aliphatic carbocycles. The lowest BCUT2D eigenvalue weighted by Gasteiger charge is -2.15. The Kier molecular flexibility index (Phi) is 2.39. The van der Waals surface area contributed by atoms with Crippen LogP contribution in [0.1, 0.15) is 18.4 Å². The lowest BCUT2D eigenvalue weighted by Crippen LogP contribution is -2.30. The summed E-state index contributed by atoms with van der Waals surface area (Å²) in [6.45, 7) is 3.26. The minimum Gasteiger partial charge on any atom is -0.362 e. The minimum absolute atomic E-state index is 0.207. The predicted octanol–water partition coefficient (Wildman–Crippen LogP) is 0.975. The van der Waals surface area contributed by atoms with Gasteiger partial charge in [0.1, 0.15) is 6.26 Å². The van der Waals surface area contributed by atoms with Crippen LogP contribution < -0.4 is 5.32 Å². The summed E-state index contributed by atoms with van der Waals surface area (Å²) in [6.07, 6.45) is 3.20. The Labute approximate surface area is 82.1 Å². The summed E-state index contributed by atoms with van der Waals surface area (Å²) in [5, 5.41) is 6.84. The minimum atomic E-state index is 0.207. The van der Waals surface area contributed by atoms with E-state index in [1.54, 1.807) is 11.2 Å². The third-order valence-electron chi connectivity index (χ3n) is 2.36. The predicted molar refractivity (Wildman–Crippen MR) is 50.7 cm³/mol. The number of aromatic nitrogens is 1. The summed E-state index contributed by atoms with van der Waals surface area (Å²) in [4.78, 5) is 13.0. The van der Waals surface area contributed by atoms with Gasteiger partial charge in [-0.15, -0.1) is 0 Å². The van der Waals surface area contributed by atoms with E-state index in [-0.39, 0.29) is 5.91 Å². The van der Waals surface area contributed by atoms with Crippen molar-refractivity contribution in [2.24, 2.45) is 0 Å². The molecule has 14 heavy (non-hydrogen) atoms. The maximum Gasteiger partial charge on any atom is 0.224 e. The van der Waals surface area contributed by atoms with Crippen molar-refractivity contribution < 1.29 is 9.32 Å². The number of aryl methyl sites for hydroxylation is 1. The molecule has 0 saturated carbocycles. The number of anilines is 1. The third kappa shape index (κ3) is 1.71. The maximum absolute atomic E-state index is 11.3. The number of likely N-dealkylation sites (tertiary alicyclic amines) is 1. The smallest absolute Gasteiger partial charge is 0.224 e. The molecule has 1 aromatic heterocycles. The summed E-state index contributed by atoms with van der Waals surface area (Å²) < 4.78 is 4.77. The van der Waals surface area contributed by atoms with E-state index in [4.69, 9.17) is 4.52 Å². The van der Waals surface area contributed by atoms with E-state index in [0.717, 1.165) is 18.5 Å².